The number of hydrogen-bond donors (Lipinski definition) is 1. The van der Waals surface area contributed by atoms with Gasteiger partial charge in [-0.1, -0.05) is 5.22 Å². The highest BCUT2D eigenvalue weighted by Crippen LogP contribution is 1.80. The standard InChI is InChI=1S/C4H4N3/c1-2-4-6-7-5-3-1/h1-3H,(H,5,6). The molecule has 0 atom stereocenters. The van der Waals surface area contributed by atoms with Crippen molar-refractivity contribution < 1.29 is 0 Å². The Kier molecular flexibility index (Phi) is 1.23. The number of nitrogens with one attached hydrogen (secondary N) is 1. The highest BCUT2D eigenvalue weighted by atomic mass is 15.4. The predicted molar refractivity (Wildman–Crippen MR) is 24.9 cm³/mol. The Bertz CT molecular complexity index is 109. The Morgan fingerprint density at radius 1 is 1.57 bits per heavy atom. The van der Waals surface area contributed by atoms with Gasteiger partial charge in [-0.2, -0.15) is 0 Å². The van der Waals surface area contributed by atoms with Crippen LogP contribution in [0.5, 0.6) is 0 Å². The van der Waals surface area contributed by atoms with Crippen molar-refractivity contribution in [3.63, 3.8) is 0 Å². The van der Waals surface area contributed by atoms with Crippen LogP contribution in [0.1, 0.15) is 0 Å². The lowest BCUT2D eigenvalue weighted by Crippen LogP contribution is -1.86. The van der Waals surface area contributed by atoms with E-state index < -0.39 is 0 Å². The van der Waals surface area contributed by atoms with E-state index in [9.17, 15) is 0 Å². The fraction of sp³-hybridized carbons (Fsp3) is 0. The van der Waals surface area contributed by atoms with Gasteiger partial charge in [0.05, 0.1) is 0 Å². The molecule has 1 radical (unpaired) electrons. The molecule has 1 aliphatic heterocycles. The van der Waals surface area contributed by atoms with Crippen molar-refractivity contribution in [2.24, 2.45) is 10.3 Å². The second-order valence-electron chi connectivity index (χ2n) is 0.984. The van der Waals surface area contributed by atoms with Crippen molar-refractivity contribution in [3.05, 3.63) is 24.6 Å². The highest BCUT2D eigenvalue weighted by molar-refractivity contribution is 4.97. The first-order valence-corrected chi connectivity index (χ1v) is 1.89. The van der Waals surface area contributed by atoms with Crippen LogP contribution in [0.2, 0.25) is 0 Å². The first-order chi connectivity index (χ1) is 3.50. The van der Waals surface area contributed by atoms with Crippen molar-refractivity contribution in [1.82, 2.24) is 5.43 Å². The molecular weight excluding hydrogens is 90.1 g/mol. The summed E-state index contributed by atoms with van der Waals surface area (Å²) in [5, 5.41) is 6.83. The molecule has 0 saturated carbocycles. The van der Waals surface area contributed by atoms with E-state index in [0.717, 1.165) is 0 Å². The van der Waals surface area contributed by atoms with Crippen LogP contribution in [0.15, 0.2) is 28.7 Å². The largest absolute Gasteiger partial charge is 0.267 e. The second kappa shape index (κ2) is 2.12. The molecule has 0 aliphatic carbocycles. The molecular formula is C4H4N3. The van der Waals surface area contributed by atoms with Gasteiger partial charge in [0.15, 0.2) is 0 Å². The molecule has 3 heteroatoms. The average Bonchev–Trinajstić information content (AvgIpc) is 1.90. The van der Waals surface area contributed by atoms with Crippen LogP contribution in [-0.2, 0) is 0 Å². The highest BCUT2D eigenvalue weighted by Gasteiger charge is 1.70. The molecule has 7 heavy (non-hydrogen) atoms. The maximum Gasteiger partial charge on any atom is 0.115 e. The maximum absolute atomic E-state index is 3.42. The Morgan fingerprint density at radius 3 is 3.57 bits per heavy atom. The van der Waals surface area contributed by atoms with E-state index in [1.807, 2.05) is 0 Å². The van der Waals surface area contributed by atoms with E-state index >= 15 is 0 Å². The third-order valence-electron chi connectivity index (χ3n) is 0.507. The fourth-order valence-corrected chi connectivity index (χ4v) is 0.259. The van der Waals surface area contributed by atoms with Gasteiger partial charge >= 0.3 is 0 Å². The number of hydrogen-bond acceptors (Lipinski definition) is 3. The first-order valence-electron chi connectivity index (χ1n) is 1.89. The Balaban J connectivity index is 2.60. The fourth-order valence-electron chi connectivity index (χ4n) is 0.259. The first kappa shape index (κ1) is 4.05. The van der Waals surface area contributed by atoms with Crippen LogP contribution in [0.4, 0.5) is 0 Å². The van der Waals surface area contributed by atoms with Crippen LogP contribution in [-0.4, -0.2) is 0 Å². The summed E-state index contributed by atoms with van der Waals surface area (Å²) in [6.45, 7) is 0. The number of allylic oxidation sites excluding steroid dienone is 2. The lowest BCUT2D eigenvalue weighted by Gasteiger charge is -1.76. The summed E-state index contributed by atoms with van der Waals surface area (Å²) in [7, 11) is 0. The quantitative estimate of drug-likeness (QED) is 0.473. The lowest BCUT2D eigenvalue weighted by molar-refractivity contribution is 0.870. The van der Waals surface area contributed by atoms with Crippen molar-refractivity contribution >= 4 is 0 Å². The van der Waals surface area contributed by atoms with Gasteiger partial charge in [0, 0.05) is 6.20 Å². The molecule has 0 bridgehead atoms. The zero-order chi connectivity index (χ0) is 4.95. The molecule has 0 aromatic carbocycles. The molecule has 0 spiro atoms. The van der Waals surface area contributed by atoms with E-state index in [4.69, 9.17) is 0 Å². The lowest BCUT2D eigenvalue weighted by atomic mass is 10.6. The van der Waals surface area contributed by atoms with Gasteiger partial charge < -0.3 is 0 Å². The summed E-state index contributed by atoms with van der Waals surface area (Å²) in [6, 6.07) is 0. The summed E-state index contributed by atoms with van der Waals surface area (Å²) < 4.78 is 0. The SMILES string of the molecule is [C]1=CC=CNN=N1. The zero-order valence-corrected chi connectivity index (χ0v) is 3.63. The Hall–Kier alpha value is -1.12. The molecule has 0 saturated heterocycles. The van der Waals surface area contributed by atoms with Crippen LogP contribution < -0.4 is 5.43 Å². The molecule has 0 fully saturated rings. The van der Waals surface area contributed by atoms with Crippen LogP contribution >= 0.6 is 0 Å². The predicted octanol–water partition coefficient (Wildman–Crippen LogP) is 0.787. The molecule has 1 N–H and O–H groups in total. The molecule has 0 unspecified atom stereocenters. The van der Waals surface area contributed by atoms with E-state index in [0.29, 0.717) is 0 Å². The van der Waals surface area contributed by atoms with Crippen molar-refractivity contribution in [2.75, 3.05) is 0 Å². The van der Waals surface area contributed by atoms with Gasteiger partial charge in [0.1, 0.15) is 6.20 Å². The van der Waals surface area contributed by atoms with Crippen LogP contribution in [0, 0.1) is 6.20 Å². The van der Waals surface area contributed by atoms with E-state index in [-0.39, 0.29) is 0 Å². The van der Waals surface area contributed by atoms with Gasteiger partial charge in [0.2, 0.25) is 0 Å². The van der Waals surface area contributed by atoms with Crippen LogP contribution in [0.3, 0.4) is 0 Å². The molecule has 0 aromatic rings. The smallest absolute Gasteiger partial charge is 0.115 e. The minimum Gasteiger partial charge on any atom is -0.267 e. The second-order valence-corrected chi connectivity index (χ2v) is 0.984. The molecule has 1 aliphatic rings. The van der Waals surface area contributed by atoms with Crippen molar-refractivity contribution in [2.45, 2.75) is 0 Å². The van der Waals surface area contributed by atoms with Gasteiger partial charge in [-0.25, -0.2) is 0 Å². The van der Waals surface area contributed by atoms with E-state index in [1.165, 1.54) is 0 Å². The van der Waals surface area contributed by atoms with Gasteiger partial charge in [0.25, 0.3) is 0 Å². The van der Waals surface area contributed by atoms with Crippen molar-refractivity contribution in [3.8, 4) is 0 Å². The van der Waals surface area contributed by atoms with Crippen molar-refractivity contribution in [1.29, 1.82) is 0 Å². The van der Waals surface area contributed by atoms with Gasteiger partial charge in [-0.3, -0.25) is 5.43 Å². The molecule has 1 heterocycles. The van der Waals surface area contributed by atoms with Gasteiger partial charge in [-0.15, -0.1) is 5.11 Å². The number of nitrogens with zero attached hydrogens (tertiary/aromatic N) is 2. The molecule has 1 rings (SSSR count). The summed E-state index contributed by atoms with van der Waals surface area (Å²) in [4.78, 5) is 0. The van der Waals surface area contributed by atoms with E-state index in [1.54, 1.807) is 18.4 Å². The summed E-state index contributed by atoms with van der Waals surface area (Å²) in [5.41, 5.74) is 2.53. The normalized spacial score (nSPS) is 16.0. The number of rotatable bonds is 0. The Morgan fingerprint density at radius 2 is 2.57 bits per heavy atom. The minimum atomic E-state index is 1.67. The Labute approximate surface area is 41.4 Å². The van der Waals surface area contributed by atoms with Crippen LogP contribution in [0.25, 0.3) is 0 Å². The maximum atomic E-state index is 3.42. The molecule has 0 amide bonds. The summed E-state index contributed by atoms with van der Waals surface area (Å²) in [5.74, 6) is 0. The third-order valence-corrected chi connectivity index (χ3v) is 0.507. The summed E-state index contributed by atoms with van der Waals surface area (Å²) >= 11 is 0. The molecule has 35 valence electrons. The van der Waals surface area contributed by atoms with Gasteiger partial charge in [-0.05, 0) is 12.2 Å². The summed E-state index contributed by atoms with van der Waals surface area (Å²) in [6.07, 6.45) is 7.64. The van der Waals surface area contributed by atoms with E-state index in [2.05, 4.69) is 22.0 Å². The zero-order valence-electron chi connectivity index (χ0n) is 3.63. The topological polar surface area (TPSA) is 36.8 Å². The molecule has 3 nitrogen and oxygen atoms in total. The third kappa shape index (κ3) is 1.17. The average molecular weight is 94.1 g/mol. The minimum absolute atomic E-state index is 1.67. The monoisotopic (exact) mass is 94.0 g/mol. The molecule has 0 aromatic heterocycles.